The lowest BCUT2D eigenvalue weighted by Gasteiger charge is -1.66. The molecule has 6 heavy (non-hydrogen) atoms. The zero-order valence-electron chi connectivity index (χ0n) is 3.02. The van der Waals surface area contributed by atoms with Crippen molar-refractivity contribution in [1.29, 1.82) is 0 Å². The average Bonchev–Trinajstić information content (AvgIpc) is 1.86. The summed E-state index contributed by atoms with van der Waals surface area (Å²) in [5.41, 5.74) is 0. The normalized spacial score (nSPS) is 8.83. The van der Waals surface area contributed by atoms with E-state index >= 15 is 0 Å². The molecular formula is C4H3IO. The van der Waals surface area contributed by atoms with Crippen molar-refractivity contribution in [1.82, 2.24) is 0 Å². The van der Waals surface area contributed by atoms with E-state index in [1.807, 2.05) is 12.1 Å². The summed E-state index contributed by atoms with van der Waals surface area (Å²) in [5, 5.41) is 0. The van der Waals surface area contributed by atoms with Gasteiger partial charge < -0.3 is 4.42 Å². The highest BCUT2D eigenvalue weighted by Gasteiger charge is 1.78. The molecule has 0 aromatic carbocycles. The van der Waals surface area contributed by atoms with Gasteiger partial charge >= 0.3 is 0 Å². The molecule has 0 N–H and O–H groups in total. The fourth-order valence-corrected chi connectivity index (χ4v) is 0.613. The molecule has 0 atom stereocenters. The second kappa shape index (κ2) is 1.64. The molecule has 0 bridgehead atoms. The Labute approximate surface area is 49.5 Å². The van der Waals surface area contributed by atoms with Crippen LogP contribution >= 0.6 is 22.6 Å². The summed E-state index contributed by atoms with van der Waals surface area (Å²) >= 11 is 2.11. The fourth-order valence-electron chi connectivity index (χ4n) is 0.259. The third-order valence-electron chi connectivity index (χ3n) is 0.486. The van der Waals surface area contributed by atoms with Crippen LogP contribution in [-0.2, 0) is 0 Å². The molecule has 0 unspecified atom stereocenters. The van der Waals surface area contributed by atoms with Crippen LogP contribution in [0.1, 0.15) is 0 Å². The average molecular weight is 194 g/mol. The van der Waals surface area contributed by atoms with Gasteiger partial charge in [-0.15, -0.1) is 0 Å². The first-order chi connectivity index (χ1) is 2.89. The standard InChI is InChI=1S/C4H3IO/c5-4-2-1-3-6-4/h1-3H. The molecular weight excluding hydrogens is 191 g/mol. The van der Waals surface area contributed by atoms with Crippen molar-refractivity contribution < 1.29 is 4.42 Å². The third-order valence-corrected chi connectivity index (χ3v) is 1.10. The Balaban J connectivity index is 3.05. The van der Waals surface area contributed by atoms with Gasteiger partial charge in [-0.2, -0.15) is 0 Å². The van der Waals surface area contributed by atoms with Crippen LogP contribution in [0.4, 0.5) is 0 Å². The first kappa shape index (κ1) is 4.18. The largest absolute Gasteiger partial charge is 0.459 e. The number of rotatable bonds is 0. The van der Waals surface area contributed by atoms with Gasteiger partial charge in [-0.25, -0.2) is 0 Å². The van der Waals surface area contributed by atoms with Crippen molar-refractivity contribution >= 4 is 22.6 Å². The minimum absolute atomic E-state index is 0.938. The van der Waals surface area contributed by atoms with Gasteiger partial charge in [-0.3, -0.25) is 0 Å². The molecule has 1 heterocycles. The molecule has 1 aromatic heterocycles. The van der Waals surface area contributed by atoms with Crippen LogP contribution < -0.4 is 0 Å². The first-order valence-electron chi connectivity index (χ1n) is 1.58. The van der Waals surface area contributed by atoms with Crippen LogP contribution in [0.25, 0.3) is 0 Å². The Morgan fingerprint density at radius 3 is 2.67 bits per heavy atom. The smallest absolute Gasteiger partial charge is 0.163 e. The van der Waals surface area contributed by atoms with Crippen LogP contribution in [0.15, 0.2) is 22.8 Å². The van der Waals surface area contributed by atoms with Gasteiger partial charge in [-0.05, 0) is 34.7 Å². The maximum absolute atomic E-state index is 4.82. The Hall–Kier alpha value is 0.01000. The van der Waals surface area contributed by atoms with Crippen molar-refractivity contribution in [3.8, 4) is 0 Å². The first-order valence-corrected chi connectivity index (χ1v) is 2.66. The molecule has 1 nitrogen and oxygen atoms in total. The maximum Gasteiger partial charge on any atom is 0.163 e. The molecule has 0 fully saturated rings. The van der Waals surface area contributed by atoms with Gasteiger partial charge in [0.2, 0.25) is 0 Å². The van der Waals surface area contributed by atoms with E-state index in [4.69, 9.17) is 4.42 Å². The van der Waals surface area contributed by atoms with E-state index in [0.717, 1.165) is 3.77 Å². The highest BCUT2D eigenvalue weighted by Crippen LogP contribution is 2.01. The summed E-state index contributed by atoms with van der Waals surface area (Å²) in [7, 11) is 0. The monoisotopic (exact) mass is 194 g/mol. The molecule has 0 saturated heterocycles. The van der Waals surface area contributed by atoms with E-state index in [1.165, 1.54) is 0 Å². The van der Waals surface area contributed by atoms with E-state index in [9.17, 15) is 0 Å². The van der Waals surface area contributed by atoms with Crippen molar-refractivity contribution in [2.24, 2.45) is 0 Å². The molecule has 1 rings (SSSR count). The minimum atomic E-state index is 0.938. The van der Waals surface area contributed by atoms with E-state index in [1.54, 1.807) is 6.26 Å². The van der Waals surface area contributed by atoms with Gasteiger partial charge in [0.15, 0.2) is 3.77 Å². The lowest BCUT2D eigenvalue weighted by Crippen LogP contribution is -1.44. The number of hydrogen-bond acceptors (Lipinski definition) is 1. The number of hydrogen-bond donors (Lipinski definition) is 0. The van der Waals surface area contributed by atoms with E-state index in [-0.39, 0.29) is 0 Å². The summed E-state index contributed by atoms with van der Waals surface area (Å²) in [4.78, 5) is 0. The summed E-state index contributed by atoms with van der Waals surface area (Å²) in [6.45, 7) is 0. The van der Waals surface area contributed by atoms with Crippen LogP contribution in [-0.4, -0.2) is 0 Å². The molecule has 0 aliphatic rings. The van der Waals surface area contributed by atoms with E-state index in [2.05, 4.69) is 22.6 Å². The topological polar surface area (TPSA) is 13.1 Å². The second-order valence-corrected chi connectivity index (χ2v) is 1.98. The van der Waals surface area contributed by atoms with Crippen LogP contribution in [0, 0.1) is 3.77 Å². The van der Waals surface area contributed by atoms with Crippen molar-refractivity contribution in [2.75, 3.05) is 0 Å². The molecule has 0 spiro atoms. The zero-order chi connectivity index (χ0) is 4.41. The van der Waals surface area contributed by atoms with Crippen LogP contribution in [0.2, 0.25) is 0 Å². The van der Waals surface area contributed by atoms with E-state index < -0.39 is 0 Å². The number of halogens is 1. The van der Waals surface area contributed by atoms with Crippen LogP contribution in [0.5, 0.6) is 0 Å². The number of furan rings is 1. The predicted octanol–water partition coefficient (Wildman–Crippen LogP) is 1.88. The third kappa shape index (κ3) is 0.739. The quantitative estimate of drug-likeness (QED) is 0.574. The highest BCUT2D eigenvalue weighted by molar-refractivity contribution is 14.1. The summed E-state index contributed by atoms with van der Waals surface area (Å²) in [5.74, 6) is 0. The molecule has 1 aromatic rings. The predicted molar refractivity (Wildman–Crippen MR) is 31.4 cm³/mol. The van der Waals surface area contributed by atoms with Crippen molar-refractivity contribution in [3.63, 3.8) is 0 Å². The summed E-state index contributed by atoms with van der Waals surface area (Å²) in [6.07, 6.45) is 1.65. The molecule has 0 aliphatic carbocycles. The molecule has 0 aliphatic heterocycles. The van der Waals surface area contributed by atoms with Gasteiger partial charge in [0.05, 0.1) is 6.26 Å². The lowest BCUT2D eigenvalue weighted by molar-refractivity contribution is 0.538. The van der Waals surface area contributed by atoms with Gasteiger partial charge in [0, 0.05) is 0 Å². The van der Waals surface area contributed by atoms with Gasteiger partial charge in [0.1, 0.15) is 0 Å². The van der Waals surface area contributed by atoms with Crippen molar-refractivity contribution in [3.05, 3.63) is 22.2 Å². The Morgan fingerprint density at radius 2 is 2.50 bits per heavy atom. The Kier molecular flexibility index (Phi) is 1.14. The SMILES string of the molecule is Ic1ccco1. The maximum atomic E-state index is 4.82. The fraction of sp³-hybridized carbons (Fsp3) is 0. The Bertz CT molecular complexity index is 111. The lowest BCUT2D eigenvalue weighted by atomic mass is 10.7. The molecule has 32 valence electrons. The summed E-state index contributed by atoms with van der Waals surface area (Å²) < 4.78 is 5.76. The highest BCUT2D eigenvalue weighted by atomic mass is 127. The zero-order valence-corrected chi connectivity index (χ0v) is 5.18. The second-order valence-electron chi connectivity index (χ2n) is 0.917. The minimum Gasteiger partial charge on any atom is -0.459 e. The molecule has 0 saturated carbocycles. The van der Waals surface area contributed by atoms with Gasteiger partial charge in [0.25, 0.3) is 0 Å². The summed E-state index contributed by atoms with van der Waals surface area (Å²) in [6, 6.07) is 3.77. The molecule has 0 amide bonds. The van der Waals surface area contributed by atoms with Crippen molar-refractivity contribution in [2.45, 2.75) is 0 Å². The molecule has 0 radical (unpaired) electrons. The Morgan fingerprint density at radius 1 is 1.67 bits per heavy atom. The van der Waals surface area contributed by atoms with E-state index in [0.29, 0.717) is 0 Å². The van der Waals surface area contributed by atoms with Crippen LogP contribution in [0.3, 0.4) is 0 Å². The molecule has 2 heteroatoms. The van der Waals surface area contributed by atoms with Gasteiger partial charge in [-0.1, -0.05) is 0 Å².